The summed E-state index contributed by atoms with van der Waals surface area (Å²) >= 11 is 0. The Labute approximate surface area is 123 Å². The Morgan fingerprint density at radius 2 is 1.43 bits per heavy atom. The van der Waals surface area contributed by atoms with Crippen molar-refractivity contribution in [1.29, 1.82) is 0 Å². The molecule has 4 rings (SSSR count). The van der Waals surface area contributed by atoms with Gasteiger partial charge in [0.25, 0.3) is 0 Å². The first kappa shape index (κ1) is 12.1. The zero-order valence-corrected chi connectivity index (χ0v) is 11.5. The van der Waals surface area contributed by atoms with Crippen LogP contribution in [0.4, 0.5) is 0 Å². The van der Waals surface area contributed by atoms with Crippen molar-refractivity contribution >= 4 is 6.29 Å². The third-order valence-electron chi connectivity index (χ3n) is 4.21. The lowest BCUT2D eigenvalue weighted by molar-refractivity contribution is 0.112. The van der Waals surface area contributed by atoms with Crippen LogP contribution in [0.2, 0.25) is 0 Å². The lowest BCUT2D eigenvalue weighted by atomic mass is 9.95. The summed E-state index contributed by atoms with van der Waals surface area (Å²) in [5.74, 6) is 0. The molecular weight excluding hydrogens is 256 g/mol. The number of aldehydes is 1. The highest BCUT2D eigenvalue weighted by atomic mass is 16.1. The first-order valence-electron chi connectivity index (χ1n) is 7.12. The quantitative estimate of drug-likeness (QED) is 0.481. The fourth-order valence-electron chi connectivity index (χ4n) is 3.17. The summed E-state index contributed by atoms with van der Waals surface area (Å²) in [5.41, 5.74) is 8.62. The fraction of sp³-hybridized carbons (Fsp3) is 0.0500. The lowest BCUT2D eigenvalue weighted by Gasteiger charge is -2.09. The van der Waals surface area contributed by atoms with E-state index < -0.39 is 0 Å². The molecule has 0 heterocycles. The second-order valence-electron chi connectivity index (χ2n) is 5.41. The van der Waals surface area contributed by atoms with Gasteiger partial charge in [-0.3, -0.25) is 4.79 Å². The summed E-state index contributed by atoms with van der Waals surface area (Å²) in [5, 5.41) is 0. The smallest absolute Gasteiger partial charge is 0.150 e. The van der Waals surface area contributed by atoms with Gasteiger partial charge in [0.05, 0.1) is 0 Å². The minimum atomic E-state index is 0.717. The minimum absolute atomic E-state index is 0.717. The summed E-state index contributed by atoms with van der Waals surface area (Å²) in [6.45, 7) is 0. The van der Waals surface area contributed by atoms with Gasteiger partial charge in [0.15, 0.2) is 0 Å². The SMILES string of the molecule is O=Cc1ccc(-c2cccc3c2Cc2ccccc2-3)cc1. The topological polar surface area (TPSA) is 17.1 Å². The van der Waals surface area contributed by atoms with E-state index in [9.17, 15) is 4.79 Å². The van der Waals surface area contributed by atoms with Gasteiger partial charge in [-0.25, -0.2) is 0 Å². The van der Waals surface area contributed by atoms with Gasteiger partial charge in [0.1, 0.15) is 6.29 Å². The number of carbonyl (C=O) groups excluding carboxylic acids is 1. The molecule has 0 N–H and O–H groups in total. The van der Waals surface area contributed by atoms with E-state index in [2.05, 4.69) is 42.5 Å². The van der Waals surface area contributed by atoms with Gasteiger partial charge < -0.3 is 0 Å². The summed E-state index contributed by atoms with van der Waals surface area (Å²) in [6.07, 6.45) is 1.87. The molecule has 0 spiro atoms. The first-order valence-corrected chi connectivity index (χ1v) is 7.12. The van der Waals surface area contributed by atoms with E-state index >= 15 is 0 Å². The molecule has 3 aromatic carbocycles. The van der Waals surface area contributed by atoms with Gasteiger partial charge in [0, 0.05) is 5.56 Å². The molecule has 0 bridgehead atoms. The van der Waals surface area contributed by atoms with Crippen LogP contribution in [0.15, 0.2) is 66.7 Å². The van der Waals surface area contributed by atoms with Crippen LogP contribution in [0.25, 0.3) is 22.3 Å². The molecule has 3 aromatic rings. The Bertz CT molecular complexity index is 829. The highest BCUT2D eigenvalue weighted by Gasteiger charge is 2.20. The molecule has 0 saturated carbocycles. The summed E-state index contributed by atoms with van der Waals surface area (Å²) in [6, 6.07) is 22.9. The molecule has 1 aliphatic rings. The number of carbonyl (C=O) groups is 1. The number of hydrogen-bond donors (Lipinski definition) is 0. The standard InChI is InChI=1S/C20H14O/c21-13-14-8-10-15(11-9-14)17-6-3-7-19-18-5-2-1-4-16(18)12-20(17)19/h1-11,13H,12H2. The van der Waals surface area contributed by atoms with Gasteiger partial charge in [0.2, 0.25) is 0 Å². The molecule has 0 amide bonds. The summed E-state index contributed by atoms with van der Waals surface area (Å²) in [4.78, 5) is 10.8. The van der Waals surface area contributed by atoms with E-state index in [4.69, 9.17) is 0 Å². The molecule has 1 aliphatic carbocycles. The molecule has 0 radical (unpaired) electrons. The fourth-order valence-corrected chi connectivity index (χ4v) is 3.17. The highest BCUT2D eigenvalue weighted by Crippen LogP contribution is 2.41. The second kappa shape index (κ2) is 4.71. The molecule has 0 aliphatic heterocycles. The predicted molar refractivity (Wildman–Crippen MR) is 85.5 cm³/mol. The van der Waals surface area contributed by atoms with E-state index in [0.29, 0.717) is 0 Å². The monoisotopic (exact) mass is 270 g/mol. The Hall–Kier alpha value is -2.67. The Kier molecular flexibility index (Phi) is 2.71. The average Bonchev–Trinajstić information content (AvgIpc) is 2.94. The van der Waals surface area contributed by atoms with Crippen molar-refractivity contribution in [2.45, 2.75) is 6.42 Å². The third-order valence-corrected chi connectivity index (χ3v) is 4.21. The molecule has 100 valence electrons. The normalized spacial score (nSPS) is 11.8. The van der Waals surface area contributed by atoms with E-state index in [0.717, 1.165) is 18.3 Å². The van der Waals surface area contributed by atoms with Crippen LogP contribution in [-0.4, -0.2) is 6.29 Å². The molecular formula is C20H14O. The molecule has 1 heteroatoms. The van der Waals surface area contributed by atoms with Gasteiger partial charge in [-0.2, -0.15) is 0 Å². The van der Waals surface area contributed by atoms with Crippen molar-refractivity contribution in [1.82, 2.24) is 0 Å². The Morgan fingerprint density at radius 3 is 2.24 bits per heavy atom. The van der Waals surface area contributed by atoms with Gasteiger partial charge in [-0.05, 0) is 39.8 Å². The molecule has 0 atom stereocenters. The van der Waals surface area contributed by atoms with Gasteiger partial charge >= 0.3 is 0 Å². The lowest BCUT2D eigenvalue weighted by Crippen LogP contribution is -1.88. The van der Waals surface area contributed by atoms with Gasteiger partial charge in [-0.1, -0.05) is 66.7 Å². The number of benzene rings is 3. The maximum atomic E-state index is 10.8. The zero-order chi connectivity index (χ0) is 14.2. The van der Waals surface area contributed by atoms with E-state index in [1.54, 1.807) is 0 Å². The van der Waals surface area contributed by atoms with Crippen LogP contribution in [0.1, 0.15) is 21.5 Å². The largest absolute Gasteiger partial charge is 0.298 e. The van der Waals surface area contributed by atoms with Crippen LogP contribution < -0.4 is 0 Å². The van der Waals surface area contributed by atoms with Crippen LogP contribution >= 0.6 is 0 Å². The van der Waals surface area contributed by atoms with E-state index in [-0.39, 0.29) is 0 Å². The Morgan fingerprint density at radius 1 is 0.714 bits per heavy atom. The van der Waals surface area contributed by atoms with Crippen molar-refractivity contribution in [3.63, 3.8) is 0 Å². The first-order chi connectivity index (χ1) is 10.4. The second-order valence-corrected chi connectivity index (χ2v) is 5.41. The minimum Gasteiger partial charge on any atom is -0.298 e. The number of rotatable bonds is 2. The van der Waals surface area contributed by atoms with Gasteiger partial charge in [-0.15, -0.1) is 0 Å². The molecule has 1 nitrogen and oxygen atoms in total. The summed E-state index contributed by atoms with van der Waals surface area (Å²) in [7, 11) is 0. The van der Waals surface area contributed by atoms with Crippen molar-refractivity contribution in [2.24, 2.45) is 0 Å². The zero-order valence-electron chi connectivity index (χ0n) is 11.5. The van der Waals surface area contributed by atoms with Crippen LogP contribution in [0.3, 0.4) is 0 Å². The third kappa shape index (κ3) is 1.90. The average molecular weight is 270 g/mol. The number of fused-ring (bicyclic) bond motifs is 3. The van der Waals surface area contributed by atoms with Crippen LogP contribution in [0.5, 0.6) is 0 Å². The predicted octanol–water partition coefficient (Wildman–Crippen LogP) is 4.74. The van der Waals surface area contributed by atoms with Crippen molar-refractivity contribution in [3.05, 3.63) is 83.4 Å². The molecule has 0 unspecified atom stereocenters. The summed E-state index contributed by atoms with van der Waals surface area (Å²) < 4.78 is 0. The maximum absolute atomic E-state index is 10.8. The van der Waals surface area contributed by atoms with E-state index in [1.807, 2.05) is 24.3 Å². The number of hydrogen-bond acceptors (Lipinski definition) is 1. The van der Waals surface area contributed by atoms with Crippen molar-refractivity contribution in [3.8, 4) is 22.3 Å². The van der Waals surface area contributed by atoms with E-state index in [1.165, 1.54) is 33.4 Å². The van der Waals surface area contributed by atoms with Crippen molar-refractivity contribution in [2.75, 3.05) is 0 Å². The maximum Gasteiger partial charge on any atom is 0.150 e. The molecule has 0 saturated heterocycles. The molecule has 21 heavy (non-hydrogen) atoms. The Balaban J connectivity index is 1.87. The molecule has 0 aromatic heterocycles. The highest BCUT2D eigenvalue weighted by molar-refractivity contribution is 5.85. The van der Waals surface area contributed by atoms with Crippen molar-refractivity contribution < 1.29 is 4.79 Å². The van der Waals surface area contributed by atoms with Crippen LogP contribution in [0, 0.1) is 0 Å². The molecule has 0 fully saturated rings. The van der Waals surface area contributed by atoms with Crippen LogP contribution in [-0.2, 0) is 6.42 Å².